The fourth-order valence-electron chi connectivity index (χ4n) is 3.97. The molecule has 1 aliphatic rings. The number of aryl methyl sites for hydroxylation is 1. The second-order valence-electron chi connectivity index (χ2n) is 7.94. The second kappa shape index (κ2) is 10.6. The molecule has 0 radical (unpaired) electrons. The Morgan fingerprint density at radius 2 is 1.88 bits per heavy atom. The third kappa shape index (κ3) is 5.04. The lowest BCUT2D eigenvalue weighted by molar-refractivity contribution is -0.124. The van der Waals surface area contributed by atoms with Crippen molar-refractivity contribution in [3.63, 3.8) is 0 Å². The Kier molecular flexibility index (Phi) is 7.42. The molecule has 178 valence electrons. The molecular formula is C25H27N3O5S. The summed E-state index contributed by atoms with van der Waals surface area (Å²) in [5.41, 5.74) is 2.57. The molecule has 9 heteroatoms. The zero-order chi connectivity index (χ0) is 24.1. The van der Waals surface area contributed by atoms with Crippen LogP contribution in [0.5, 0.6) is 0 Å². The van der Waals surface area contributed by atoms with Crippen LogP contribution in [0, 0.1) is 0 Å². The first kappa shape index (κ1) is 23.7. The van der Waals surface area contributed by atoms with Crippen molar-refractivity contribution in [1.29, 1.82) is 0 Å². The minimum atomic E-state index is -0.994. The van der Waals surface area contributed by atoms with Crippen molar-refractivity contribution in [1.82, 2.24) is 9.97 Å². The van der Waals surface area contributed by atoms with E-state index in [1.54, 1.807) is 50.5 Å². The molecule has 1 atom stereocenters. The number of amides is 1. The standard InChI is InChI=1S/C25H27N3O5S/c1-3-18(33-24(30)16-11-9-15(10-12-16)21-26-13-14-27-21)22(29)28-23-20(25(31)32-4-2)17-7-5-6-8-19(17)34-23/h9-14,18H,3-8H2,1-2H3,(H,26,27)(H,28,29). The first-order valence-corrected chi connectivity index (χ1v) is 12.3. The van der Waals surface area contributed by atoms with Gasteiger partial charge in [-0.1, -0.05) is 19.1 Å². The van der Waals surface area contributed by atoms with Gasteiger partial charge in [0.1, 0.15) is 10.8 Å². The molecule has 0 bridgehead atoms. The Bertz CT molecular complexity index is 1170. The summed E-state index contributed by atoms with van der Waals surface area (Å²) in [6.45, 7) is 3.77. The molecule has 2 heterocycles. The molecule has 34 heavy (non-hydrogen) atoms. The Morgan fingerprint density at radius 3 is 2.56 bits per heavy atom. The number of H-pyrrole nitrogens is 1. The number of rotatable bonds is 8. The number of hydrogen-bond acceptors (Lipinski definition) is 7. The lowest BCUT2D eigenvalue weighted by Crippen LogP contribution is -2.32. The maximum atomic E-state index is 13.0. The van der Waals surface area contributed by atoms with Crippen LogP contribution in [0.25, 0.3) is 11.4 Å². The fourth-order valence-corrected chi connectivity index (χ4v) is 5.25. The van der Waals surface area contributed by atoms with Gasteiger partial charge in [-0.2, -0.15) is 0 Å². The maximum Gasteiger partial charge on any atom is 0.341 e. The number of benzene rings is 1. The molecule has 4 rings (SSSR count). The SMILES string of the molecule is CCOC(=O)c1c(NC(=O)C(CC)OC(=O)c2ccc(-c3ncc[nH]3)cc2)sc2c1CCCC2. The van der Waals surface area contributed by atoms with Crippen LogP contribution < -0.4 is 5.32 Å². The number of aromatic nitrogens is 2. The van der Waals surface area contributed by atoms with Crippen LogP contribution in [0.3, 0.4) is 0 Å². The van der Waals surface area contributed by atoms with E-state index in [4.69, 9.17) is 9.47 Å². The van der Waals surface area contributed by atoms with Crippen molar-refractivity contribution in [3.05, 3.63) is 58.2 Å². The average molecular weight is 482 g/mol. The summed E-state index contributed by atoms with van der Waals surface area (Å²) >= 11 is 1.41. The molecule has 2 aromatic heterocycles. The zero-order valence-electron chi connectivity index (χ0n) is 19.2. The number of carbonyl (C=O) groups is 3. The normalized spacial score (nSPS) is 13.6. The quantitative estimate of drug-likeness (QED) is 0.449. The Labute approximate surface area is 201 Å². The molecule has 1 aliphatic carbocycles. The number of hydrogen-bond donors (Lipinski definition) is 2. The highest BCUT2D eigenvalue weighted by Crippen LogP contribution is 2.38. The number of aromatic amines is 1. The molecule has 3 aromatic rings. The van der Waals surface area contributed by atoms with Crippen LogP contribution in [0.15, 0.2) is 36.7 Å². The number of nitrogens with zero attached hydrogens (tertiary/aromatic N) is 1. The fraction of sp³-hybridized carbons (Fsp3) is 0.360. The van der Waals surface area contributed by atoms with Gasteiger partial charge >= 0.3 is 11.9 Å². The van der Waals surface area contributed by atoms with Gasteiger partial charge in [-0.05, 0) is 56.7 Å². The number of imidazole rings is 1. The topological polar surface area (TPSA) is 110 Å². The van der Waals surface area contributed by atoms with Gasteiger partial charge in [0, 0.05) is 22.8 Å². The van der Waals surface area contributed by atoms with Crippen molar-refractivity contribution in [3.8, 4) is 11.4 Å². The summed E-state index contributed by atoms with van der Waals surface area (Å²) in [4.78, 5) is 46.6. The van der Waals surface area contributed by atoms with Gasteiger partial charge in [0.25, 0.3) is 5.91 Å². The van der Waals surface area contributed by atoms with Crippen molar-refractivity contribution >= 4 is 34.2 Å². The summed E-state index contributed by atoms with van der Waals surface area (Å²) in [6.07, 6.45) is 6.39. The van der Waals surface area contributed by atoms with E-state index < -0.39 is 23.9 Å². The highest BCUT2D eigenvalue weighted by Gasteiger charge is 2.29. The molecule has 0 aliphatic heterocycles. The highest BCUT2D eigenvalue weighted by molar-refractivity contribution is 7.17. The van der Waals surface area contributed by atoms with Crippen LogP contribution in [0.2, 0.25) is 0 Å². The lowest BCUT2D eigenvalue weighted by Gasteiger charge is -2.16. The zero-order valence-corrected chi connectivity index (χ0v) is 20.0. The predicted octanol–water partition coefficient (Wildman–Crippen LogP) is 4.77. The lowest BCUT2D eigenvalue weighted by atomic mass is 9.95. The molecule has 1 aromatic carbocycles. The molecular weight excluding hydrogens is 454 g/mol. The van der Waals surface area contributed by atoms with Crippen LogP contribution in [0.1, 0.15) is 64.3 Å². The van der Waals surface area contributed by atoms with Gasteiger partial charge < -0.3 is 19.8 Å². The summed E-state index contributed by atoms with van der Waals surface area (Å²) in [5.74, 6) is -0.794. The number of carbonyl (C=O) groups excluding carboxylic acids is 3. The molecule has 2 N–H and O–H groups in total. The molecule has 1 unspecified atom stereocenters. The molecule has 0 fully saturated rings. The Balaban J connectivity index is 1.47. The van der Waals surface area contributed by atoms with Gasteiger partial charge in [-0.25, -0.2) is 14.6 Å². The summed E-state index contributed by atoms with van der Waals surface area (Å²) in [5, 5.41) is 3.30. The van der Waals surface area contributed by atoms with Crippen LogP contribution in [-0.4, -0.2) is 40.5 Å². The summed E-state index contributed by atoms with van der Waals surface area (Å²) in [6, 6.07) is 6.80. The average Bonchev–Trinajstić information content (AvgIpc) is 3.50. The molecule has 0 saturated carbocycles. The second-order valence-corrected chi connectivity index (χ2v) is 9.05. The van der Waals surface area contributed by atoms with E-state index in [9.17, 15) is 14.4 Å². The van der Waals surface area contributed by atoms with E-state index in [-0.39, 0.29) is 6.61 Å². The van der Waals surface area contributed by atoms with E-state index in [0.717, 1.165) is 41.7 Å². The first-order valence-electron chi connectivity index (χ1n) is 11.4. The number of nitrogens with one attached hydrogen (secondary N) is 2. The van der Waals surface area contributed by atoms with E-state index in [1.807, 2.05) is 0 Å². The van der Waals surface area contributed by atoms with Gasteiger partial charge in [0.15, 0.2) is 6.10 Å². The monoisotopic (exact) mass is 481 g/mol. The Morgan fingerprint density at radius 1 is 1.12 bits per heavy atom. The number of fused-ring (bicyclic) bond motifs is 1. The van der Waals surface area contributed by atoms with Crippen LogP contribution >= 0.6 is 11.3 Å². The molecule has 8 nitrogen and oxygen atoms in total. The number of esters is 2. The highest BCUT2D eigenvalue weighted by atomic mass is 32.1. The minimum absolute atomic E-state index is 0.255. The minimum Gasteiger partial charge on any atom is -0.462 e. The van der Waals surface area contributed by atoms with E-state index in [0.29, 0.717) is 28.4 Å². The first-order chi connectivity index (χ1) is 16.5. The van der Waals surface area contributed by atoms with E-state index in [2.05, 4.69) is 15.3 Å². The van der Waals surface area contributed by atoms with Gasteiger partial charge in [-0.15, -0.1) is 11.3 Å². The predicted molar refractivity (Wildman–Crippen MR) is 129 cm³/mol. The van der Waals surface area contributed by atoms with Gasteiger partial charge in [-0.3, -0.25) is 4.79 Å². The van der Waals surface area contributed by atoms with Crippen LogP contribution in [-0.2, 0) is 27.1 Å². The summed E-state index contributed by atoms with van der Waals surface area (Å²) in [7, 11) is 0. The smallest absolute Gasteiger partial charge is 0.341 e. The Hall–Kier alpha value is -3.46. The third-order valence-corrected chi connectivity index (χ3v) is 6.90. The number of thiophene rings is 1. The molecule has 0 spiro atoms. The maximum absolute atomic E-state index is 13.0. The number of ether oxygens (including phenoxy) is 2. The third-order valence-electron chi connectivity index (χ3n) is 5.69. The van der Waals surface area contributed by atoms with Gasteiger partial charge in [0.05, 0.1) is 17.7 Å². The van der Waals surface area contributed by atoms with E-state index >= 15 is 0 Å². The van der Waals surface area contributed by atoms with Crippen molar-refractivity contribution in [2.75, 3.05) is 11.9 Å². The van der Waals surface area contributed by atoms with Crippen molar-refractivity contribution in [2.24, 2.45) is 0 Å². The van der Waals surface area contributed by atoms with E-state index in [1.165, 1.54) is 11.3 Å². The van der Waals surface area contributed by atoms with Crippen molar-refractivity contribution in [2.45, 2.75) is 52.1 Å². The van der Waals surface area contributed by atoms with Crippen molar-refractivity contribution < 1.29 is 23.9 Å². The molecule has 1 amide bonds. The number of anilines is 1. The van der Waals surface area contributed by atoms with Crippen LogP contribution in [0.4, 0.5) is 5.00 Å². The largest absolute Gasteiger partial charge is 0.462 e. The van der Waals surface area contributed by atoms with Gasteiger partial charge in [0.2, 0.25) is 0 Å². The summed E-state index contributed by atoms with van der Waals surface area (Å²) < 4.78 is 10.8. The molecule has 0 saturated heterocycles.